The second-order valence-corrected chi connectivity index (χ2v) is 8.86. The Morgan fingerprint density at radius 1 is 1.08 bits per heavy atom. The summed E-state index contributed by atoms with van der Waals surface area (Å²) in [5, 5.41) is 17.0. The predicted molar refractivity (Wildman–Crippen MR) is 135 cm³/mol. The van der Waals surface area contributed by atoms with E-state index in [0.717, 1.165) is 19.3 Å². The zero-order valence-electron chi connectivity index (χ0n) is 19.2. The number of amides is 3. The highest BCUT2D eigenvalue weighted by atomic mass is 35.5. The minimum Gasteiger partial charge on any atom is -0.480 e. The second-order valence-electron chi connectivity index (χ2n) is 8.05. The number of halogens is 2. The number of allylic oxidation sites excluding steroid dienone is 1. The van der Waals surface area contributed by atoms with Crippen molar-refractivity contribution in [2.24, 2.45) is 0 Å². The van der Waals surface area contributed by atoms with Crippen molar-refractivity contribution in [1.82, 2.24) is 16.0 Å². The minimum atomic E-state index is -1.39. The molecule has 1 heterocycles. The van der Waals surface area contributed by atoms with Crippen molar-refractivity contribution in [1.29, 1.82) is 0 Å². The molecular weight excluding hydrogens is 509 g/mol. The molecule has 0 radical (unpaired) electrons. The first-order valence-electron chi connectivity index (χ1n) is 11.2. The maximum absolute atomic E-state index is 12.8. The van der Waals surface area contributed by atoms with Gasteiger partial charge in [-0.15, -0.1) is 0 Å². The van der Waals surface area contributed by atoms with Crippen LogP contribution in [0.4, 0.5) is 0 Å². The van der Waals surface area contributed by atoms with Crippen LogP contribution in [0, 0.1) is 0 Å². The van der Waals surface area contributed by atoms with Crippen LogP contribution >= 0.6 is 23.2 Å². The summed E-state index contributed by atoms with van der Waals surface area (Å²) in [7, 11) is 0. The van der Waals surface area contributed by atoms with Crippen molar-refractivity contribution in [3.8, 4) is 0 Å². The molecule has 2 aromatic rings. The lowest BCUT2D eigenvalue weighted by Crippen LogP contribution is -2.48. The molecule has 190 valence electrons. The first-order valence-corrected chi connectivity index (χ1v) is 12.0. The third-order valence-corrected chi connectivity index (χ3v) is 5.99. The Labute approximate surface area is 217 Å². The first kappa shape index (κ1) is 27.0. The normalized spacial score (nSPS) is 14.1. The number of carbonyl (C=O) groups excluding carboxylic acids is 3. The number of rotatable bonds is 10. The van der Waals surface area contributed by atoms with Gasteiger partial charge in [0.25, 0.3) is 5.91 Å². The number of hydrogen-bond donors (Lipinski definition) is 4. The predicted octanol–water partition coefficient (Wildman–Crippen LogP) is 3.72. The number of benzene rings is 1. The van der Waals surface area contributed by atoms with E-state index < -0.39 is 17.9 Å². The smallest absolute Gasteiger partial charge is 0.328 e. The molecule has 0 spiro atoms. The van der Waals surface area contributed by atoms with Gasteiger partial charge in [0.15, 0.2) is 0 Å². The molecule has 11 heteroatoms. The molecule has 1 atom stereocenters. The van der Waals surface area contributed by atoms with E-state index in [0.29, 0.717) is 23.3 Å². The molecule has 0 fully saturated rings. The first-order chi connectivity index (χ1) is 17.2. The standard InChI is InChI=1S/C25H25Cl2N3O6/c26-18-11-15(13-28-21(31)9-8-17-7-4-10-36-17)12-19(27)22(18)24(33)30-20(25(34)35)14-29-23(32)16-5-2-1-3-6-16/h4-5,7-12,20H,1-3,6,13-14H2,(H,28,31)(H,29,32)(H,30,33)(H,34,35)/b9-8+. The van der Waals surface area contributed by atoms with Crippen LogP contribution in [0.3, 0.4) is 0 Å². The third kappa shape index (κ3) is 7.73. The summed E-state index contributed by atoms with van der Waals surface area (Å²) < 4.78 is 5.11. The van der Waals surface area contributed by atoms with Gasteiger partial charge in [-0.05, 0) is 61.6 Å². The number of furan rings is 1. The average molecular weight is 534 g/mol. The van der Waals surface area contributed by atoms with Crippen molar-refractivity contribution in [2.75, 3.05) is 6.54 Å². The molecule has 1 aliphatic carbocycles. The number of carboxylic acid groups (broad SMARTS) is 1. The Bertz CT molecular complexity index is 1170. The highest BCUT2D eigenvalue weighted by Crippen LogP contribution is 2.27. The Hall–Kier alpha value is -3.56. The topological polar surface area (TPSA) is 138 Å². The molecule has 0 bridgehead atoms. The molecule has 9 nitrogen and oxygen atoms in total. The molecule has 1 aromatic heterocycles. The van der Waals surface area contributed by atoms with Crippen molar-refractivity contribution in [3.63, 3.8) is 0 Å². The summed E-state index contributed by atoms with van der Waals surface area (Å²) in [4.78, 5) is 48.7. The fourth-order valence-corrected chi connectivity index (χ4v) is 4.22. The summed E-state index contributed by atoms with van der Waals surface area (Å²) in [5.41, 5.74) is 1.03. The molecule has 0 aliphatic heterocycles. The van der Waals surface area contributed by atoms with E-state index in [1.807, 2.05) is 6.08 Å². The van der Waals surface area contributed by atoms with Gasteiger partial charge in [0.05, 0.1) is 21.9 Å². The lowest BCUT2D eigenvalue weighted by molar-refractivity contribution is -0.139. The molecule has 0 saturated carbocycles. The zero-order chi connectivity index (χ0) is 26.1. The van der Waals surface area contributed by atoms with Gasteiger partial charge in [-0.1, -0.05) is 29.3 Å². The van der Waals surface area contributed by atoms with Crippen molar-refractivity contribution >= 4 is 53.0 Å². The van der Waals surface area contributed by atoms with E-state index in [-0.39, 0.29) is 40.5 Å². The molecule has 3 rings (SSSR count). The highest BCUT2D eigenvalue weighted by molar-refractivity contribution is 6.39. The zero-order valence-corrected chi connectivity index (χ0v) is 20.7. The van der Waals surface area contributed by atoms with Gasteiger partial charge >= 0.3 is 5.97 Å². The molecule has 1 aliphatic rings. The second kappa shape index (κ2) is 12.9. The molecule has 3 amide bonds. The van der Waals surface area contributed by atoms with E-state index in [2.05, 4.69) is 16.0 Å². The molecule has 0 saturated heterocycles. The van der Waals surface area contributed by atoms with Crippen LogP contribution in [0.15, 0.2) is 52.7 Å². The lowest BCUT2D eigenvalue weighted by Gasteiger charge is -2.18. The van der Waals surface area contributed by atoms with Crippen molar-refractivity contribution < 1.29 is 28.7 Å². The Kier molecular flexibility index (Phi) is 9.72. The van der Waals surface area contributed by atoms with Crippen LogP contribution in [-0.2, 0) is 20.9 Å². The maximum atomic E-state index is 12.8. The van der Waals surface area contributed by atoms with E-state index in [1.54, 1.807) is 12.1 Å². The average Bonchev–Trinajstić information content (AvgIpc) is 3.37. The minimum absolute atomic E-state index is 0.0177. The van der Waals surface area contributed by atoms with Crippen LogP contribution in [-0.4, -0.2) is 41.4 Å². The van der Waals surface area contributed by atoms with Crippen LogP contribution < -0.4 is 16.0 Å². The van der Waals surface area contributed by atoms with Gasteiger partial charge in [-0.25, -0.2) is 4.79 Å². The van der Waals surface area contributed by atoms with E-state index in [9.17, 15) is 24.3 Å². The summed E-state index contributed by atoms with van der Waals surface area (Å²) >= 11 is 12.5. The number of carboxylic acids is 1. The van der Waals surface area contributed by atoms with E-state index in [1.165, 1.54) is 30.5 Å². The lowest BCUT2D eigenvalue weighted by atomic mass is 9.99. The summed E-state index contributed by atoms with van der Waals surface area (Å²) in [6.07, 6.45) is 9.50. The molecule has 4 N–H and O–H groups in total. The van der Waals surface area contributed by atoms with Crippen LogP contribution in [0.5, 0.6) is 0 Å². The highest BCUT2D eigenvalue weighted by Gasteiger charge is 2.25. The van der Waals surface area contributed by atoms with E-state index in [4.69, 9.17) is 27.6 Å². The molecular formula is C25H25Cl2N3O6. The third-order valence-electron chi connectivity index (χ3n) is 5.39. The quantitative estimate of drug-likeness (QED) is 0.343. The van der Waals surface area contributed by atoms with Gasteiger partial charge in [0, 0.05) is 24.7 Å². The number of carbonyl (C=O) groups is 4. The Morgan fingerprint density at radius 2 is 1.83 bits per heavy atom. The fourth-order valence-electron chi connectivity index (χ4n) is 3.52. The summed E-state index contributed by atoms with van der Waals surface area (Å²) in [5.74, 6) is -2.33. The summed E-state index contributed by atoms with van der Waals surface area (Å²) in [6, 6.07) is 4.91. The summed E-state index contributed by atoms with van der Waals surface area (Å²) in [6.45, 7) is -0.218. The Balaban J connectivity index is 1.59. The monoisotopic (exact) mass is 533 g/mol. The number of aliphatic carboxylic acids is 1. The van der Waals surface area contributed by atoms with Crippen molar-refractivity contribution in [2.45, 2.75) is 38.3 Å². The van der Waals surface area contributed by atoms with E-state index >= 15 is 0 Å². The van der Waals surface area contributed by atoms with Gasteiger partial charge in [-0.3, -0.25) is 14.4 Å². The van der Waals surface area contributed by atoms with Gasteiger partial charge < -0.3 is 25.5 Å². The molecule has 1 aromatic carbocycles. The molecule has 36 heavy (non-hydrogen) atoms. The van der Waals surface area contributed by atoms with Crippen LogP contribution in [0.2, 0.25) is 10.0 Å². The molecule has 1 unspecified atom stereocenters. The van der Waals surface area contributed by atoms with Gasteiger partial charge in [0.2, 0.25) is 11.8 Å². The maximum Gasteiger partial charge on any atom is 0.328 e. The van der Waals surface area contributed by atoms with Gasteiger partial charge in [-0.2, -0.15) is 0 Å². The van der Waals surface area contributed by atoms with Crippen LogP contribution in [0.25, 0.3) is 6.08 Å². The van der Waals surface area contributed by atoms with Gasteiger partial charge in [0.1, 0.15) is 11.8 Å². The van der Waals surface area contributed by atoms with Crippen molar-refractivity contribution in [3.05, 3.63) is 75.2 Å². The number of hydrogen-bond acceptors (Lipinski definition) is 5. The SMILES string of the molecule is O=C(/C=C/c1ccco1)NCc1cc(Cl)c(C(=O)NC(CNC(=O)C2=CCCCC2)C(=O)O)c(Cl)c1. The fraction of sp³-hybridized carbons (Fsp3) is 0.280. The largest absolute Gasteiger partial charge is 0.480 e. The van der Waals surface area contributed by atoms with Crippen LogP contribution in [0.1, 0.15) is 47.4 Å². The Morgan fingerprint density at radius 3 is 2.44 bits per heavy atom. The number of nitrogens with one attached hydrogen (secondary N) is 3.